The molecule has 2 aliphatic heterocycles. The van der Waals surface area contributed by atoms with Crippen LogP contribution in [0.2, 0.25) is 0 Å². The fourth-order valence-electron chi connectivity index (χ4n) is 4.17. The number of fused-ring (bicyclic) bond motifs is 1. The molecule has 2 aromatic rings. The number of anilines is 1. The molecule has 2 aliphatic rings. The lowest BCUT2D eigenvalue weighted by Gasteiger charge is -2.28. The van der Waals surface area contributed by atoms with Gasteiger partial charge >= 0.3 is 0 Å². The zero-order chi connectivity index (χ0) is 22.3. The van der Waals surface area contributed by atoms with Gasteiger partial charge in [-0.25, -0.2) is 8.42 Å². The third-order valence-electron chi connectivity index (χ3n) is 5.50. The summed E-state index contributed by atoms with van der Waals surface area (Å²) in [5.41, 5.74) is 3.79. The van der Waals surface area contributed by atoms with Crippen LogP contribution in [0.3, 0.4) is 0 Å². The van der Waals surface area contributed by atoms with E-state index in [4.69, 9.17) is 4.74 Å². The summed E-state index contributed by atoms with van der Waals surface area (Å²) in [7, 11) is -1.51. The van der Waals surface area contributed by atoms with Crippen LogP contribution in [0.5, 0.6) is 5.75 Å². The number of sulfone groups is 1. The number of amides is 1. The SMILES string of the molecule is COc1ccc(CC(=O)N=C2S[C@H]3CS(=O)(=O)C[C@@H]3N2c2c(C)cc(Br)cc2C)cc1. The number of aliphatic imine (C=N–C) groups is 1. The minimum atomic E-state index is -3.11. The van der Waals surface area contributed by atoms with Crippen molar-refractivity contribution in [3.05, 3.63) is 57.6 Å². The average molecular weight is 523 g/mol. The number of halogens is 1. The zero-order valence-electron chi connectivity index (χ0n) is 17.5. The van der Waals surface area contributed by atoms with Crippen LogP contribution in [-0.4, -0.2) is 49.4 Å². The van der Waals surface area contributed by atoms with Gasteiger partial charge < -0.3 is 9.64 Å². The van der Waals surface area contributed by atoms with Gasteiger partial charge in [-0.2, -0.15) is 4.99 Å². The lowest BCUT2D eigenvalue weighted by molar-refractivity contribution is -0.117. The molecular formula is C22H23BrN2O4S2. The topological polar surface area (TPSA) is 76.0 Å². The molecule has 4 rings (SSSR count). The number of thioether (sulfide) groups is 1. The van der Waals surface area contributed by atoms with Crippen molar-refractivity contribution in [3.63, 3.8) is 0 Å². The summed E-state index contributed by atoms with van der Waals surface area (Å²) >= 11 is 4.92. The van der Waals surface area contributed by atoms with Gasteiger partial charge in [0.25, 0.3) is 5.91 Å². The zero-order valence-corrected chi connectivity index (χ0v) is 20.7. The molecule has 1 amide bonds. The molecule has 0 unspecified atom stereocenters. The van der Waals surface area contributed by atoms with Crippen molar-refractivity contribution in [1.29, 1.82) is 0 Å². The van der Waals surface area contributed by atoms with Crippen LogP contribution in [0.1, 0.15) is 16.7 Å². The molecule has 0 radical (unpaired) electrons. The Morgan fingerprint density at radius 1 is 1.19 bits per heavy atom. The molecule has 0 aromatic heterocycles. The standard InChI is InChI=1S/C22H23BrN2O4S2/c1-13-8-16(23)9-14(2)21(13)25-18-11-31(27,28)12-19(18)30-22(25)24-20(26)10-15-4-6-17(29-3)7-5-15/h4-9,18-19H,10-12H2,1-3H3/t18-,19-/m0/s1. The number of ether oxygens (including phenoxy) is 1. The number of hydrogen-bond acceptors (Lipinski definition) is 5. The number of aryl methyl sites for hydroxylation is 2. The highest BCUT2D eigenvalue weighted by molar-refractivity contribution is 9.10. The highest BCUT2D eigenvalue weighted by Crippen LogP contribution is 2.43. The Bertz CT molecular complexity index is 1140. The van der Waals surface area contributed by atoms with Gasteiger partial charge in [0.1, 0.15) is 5.75 Å². The van der Waals surface area contributed by atoms with Crippen molar-refractivity contribution in [2.24, 2.45) is 4.99 Å². The first-order chi connectivity index (χ1) is 14.7. The maximum absolute atomic E-state index is 12.8. The third-order valence-corrected chi connectivity index (χ3v) is 9.17. The highest BCUT2D eigenvalue weighted by Gasteiger charge is 2.50. The fraction of sp³-hybridized carbons (Fsp3) is 0.364. The van der Waals surface area contributed by atoms with E-state index in [9.17, 15) is 13.2 Å². The Balaban J connectivity index is 1.67. The molecule has 0 aliphatic carbocycles. The van der Waals surface area contributed by atoms with E-state index in [-0.39, 0.29) is 35.1 Å². The van der Waals surface area contributed by atoms with Crippen LogP contribution >= 0.6 is 27.7 Å². The van der Waals surface area contributed by atoms with Gasteiger partial charge in [0, 0.05) is 15.4 Å². The third kappa shape index (κ3) is 4.68. The number of rotatable bonds is 4. The van der Waals surface area contributed by atoms with Crippen molar-refractivity contribution in [2.45, 2.75) is 31.6 Å². The predicted octanol–water partition coefficient (Wildman–Crippen LogP) is 3.92. The molecule has 0 saturated carbocycles. The molecule has 2 aromatic carbocycles. The van der Waals surface area contributed by atoms with Crippen molar-refractivity contribution in [2.75, 3.05) is 23.5 Å². The average Bonchev–Trinajstić information content (AvgIpc) is 3.13. The predicted molar refractivity (Wildman–Crippen MR) is 129 cm³/mol. The highest BCUT2D eigenvalue weighted by atomic mass is 79.9. The molecule has 6 nitrogen and oxygen atoms in total. The second-order valence-corrected chi connectivity index (χ2v) is 12.1. The van der Waals surface area contributed by atoms with Crippen molar-refractivity contribution >= 4 is 54.3 Å². The van der Waals surface area contributed by atoms with E-state index in [1.165, 1.54) is 11.8 Å². The first kappa shape index (κ1) is 22.4. The van der Waals surface area contributed by atoms with Crippen LogP contribution in [0.25, 0.3) is 0 Å². The van der Waals surface area contributed by atoms with Crippen molar-refractivity contribution in [1.82, 2.24) is 0 Å². The normalized spacial score (nSPS) is 23.2. The molecule has 2 heterocycles. The van der Waals surface area contributed by atoms with E-state index in [1.54, 1.807) is 7.11 Å². The maximum atomic E-state index is 12.8. The number of amidine groups is 1. The summed E-state index contributed by atoms with van der Waals surface area (Å²) in [4.78, 5) is 19.2. The second-order valence-electron chi connectivity index (χ2n) is 7.87. The lowest BCUT2D eigenvalue weighted by atomic mass is 10.1. The van der Waals surface area contributed by atoms with Gasteiger partial charge in [-0.1, -0.05) is 39.8 Å². The Labute approximate surface area is 195 Å². The van der Waals surface area contributed by atoms with E-state index in [0.29, 0.717) is 5.17 Å². The van der Waals surface area contributed by atoms with E-state index in [1.807, 2.05) is 55.1 Å². The van der Waals surface area contributed by atoms with Crippen molar-refractivity contribution in [3.8, 4) is 5.75 Å². The molecule has 0 bridgehead atoms. The van der Waals surface area contributed by atoms with Gasteiger partial charge in [0.05, 0.1) is 31.1 Å². The Morgan fingerprint density at radius 3 is 2.45 bits per heavy atom. The van der Waals surface area contributed by atoms with E-state index >= 15 is 0 Å². The summed E-state index contributed by atoms with van der Waals surface area (Å²) < 4.78 is 30.7. The minimum Gasteiger partial charge on any atom is -0.497 e. The quantitative estimate of drug-likeness (QED) is 0.605. The summed E-state index contributed by atoms with van der Waals surface area (Å²) in [6.07, 6.45) is 0.174. The smallest absolute Gasteiger partial charge is 0.252 e. The molecule has 31 heavy (non-hydrogen) atoms. The number of hydrogen-bond donors (Lipinski definition) is 0. The second kappa shape index (κ2) is 8.60. The van der Waals surface area contributed by atoms with Gasteiger partial charge in [0.2, 0.25) is 0 Å². The molecule has 0 spiro atoms. The van der Waals surface area contributed by atoms with Gasteiger partial charge in [-0.3, -0.25) is 4.79 Å². The first-order valence-corrected chi connectivity index (χ1v) is 13.3. The minimum absolute atomic E-state index is 0.0747. The number of carbonyl (C=O) groups excluding carboxylic acids is 1. The molecule has 0 N–H and O–H groups in total. The summed E-state index contributed by atoms with van der Waals surface area (Å²) in [6.45, 7) is 3.98. The molecular weight excluding hydrogens is 500 g/mol. The number of carbonyl (C=O) groups is 1. The Kier molecular flexibility index (Phi) is 6.20. The first-order valence-electron chi connectivity index (χ1n) is 9.84. The van der Waals surface area contributed by atoms with Crippen LogP contribution in [0.15, 0.2) is 45.9 Å². The van der Waals surface area contributed by atoms with E-state index < -0.39 is 9.84 Å². The summed E-state index contributed by atoms with van der Waals surface area (Å²) in [6, 6.07) is 11.1. The Morgan fingerprint density at radius 2 is 1.84 bits per heavy atom. The molecule has 2 atom stereocenters. The fourth-order valence-corrected chi connectivity index (χ4v) is 8.78. The maximum Gasteiger partial charge on any atom is 0.252 e. The Hall–Kier alpha value is -1.84. The molecule has 2 fully saturated rings. The number of methoxy groups -OCH3 is 1. The van der Waals surface area contributed by atoms with Crippen LogP contribution in [0, 0.1) is 13.8 Å². The van der Waals surface area contributed by atoms with Crippen LogP contribution in [-0.2, 0) is 21.1 Å². The van der Waals surface area contributed by atoms with Crippen molar-refractivity contribution < 1.29 is 17.9 Å². The monoisotopic (exact) mass is 522 g/mol. The molecule has 164 valence electrons. The summed E-state index contributed by atoms with van der Waals surface area (Å²) in [5.74, 6) is 0.660. The van der Waals surface area contributed by atoms with Crippen LogP contribution < -0.4 is 9.64 Å². The van der Waals surface area contributed by atoms with Gasteiger partial charge in [-0.15, -0.1) is 0 Å². The lowest BCUT2D eigenvalue weighted by Crippen LogP contribution is -2.38. The van der Waals surface area contributed by atoms with E-state index in [2.05, 4.69) is 20.9 Å². The molecule has 2 saturated heterocycles. The molecule has 9 heteroatoms. The number of nitrogens with zero attached hydrogens (tertiary/aromatic N) is 2. The van der Waals surface area contributed by atoms with Gasteiger partial charge in [-0.05, 0) is 54.8 Å². The number of benzene rings is 2. The summed E-state index contributed by atoms with van der Waals surface area (Å²) in [5, 5.41) is 0.455. The van der Waals surface area contributed by atoms with E-state index in [0.717, 1.165) is 32.6 Å². The van der Waals surface area contributed by atoms with Crippen LogP contribution in [0.4, 0.5) is 5.69 Å². The largest absolute Gasteiger partial charge is 0.497 e. The van der Waals surface area contributed by atoms with Gasteiger partial charge in [0.15, 0.2) is 15.0 Å².